The van der Waals surface area contributed by atoms with Gasteiger partial charge in [0, 0.05) is 5.56 Å². The molecule has 0 aliphatic carbocycles. The Morgan fingerprint density at radius 2 is 1.69 bits per heavy atom. The first-order valence-electron chi connectivity index (χ1n) is 9.37. The highest BCUT2D eigenvalue weighted by Gasteiger charge is 2.12. The number of hydrogen-bond donors (Lipinski definition) is 1. The van der Waals surface area contributed by atoms with Crippen LogP contribution in [0.25, 0.3) is 0 Å². The lowest BCUT2D eigenvalue weighted by atomic mass is 9.99. The number of rotatable bonds is 10. The summed E-state index contributed by atoms with van der Waals surface area (Å²) in [5.41, 5.74) is 4.37. The van der Waals surface area contributed by atoms with Crippen molar-refractivity contribution in [3.05, 3.63) is 47.5 Å². The van der Waals surface area contributed by atoms with Crippen molar-refractivity contribution in [1.82, 2.24) is 5.43 Å². The Balaban J connectivity index is 1.91. The van der Waals surface area contributed by atoms with E-state index in [9.17, 15) is 4.79 Å². The molecule has 0 aromatic heterocycles. The van der Waals surface area contributed by atoms with Gasteiger partial charge in [-0.05, 0) is 42.2 Å². The third-order valence-corrected chi connectivity index (χ3v) is 4.52. The molecule has 0 heterocycles. The van der Waals surface area contributed by atoms with E-state index in [-0.39, 0.29) is 12.5 Å². The number of hydrogen-bond acceptors (Lipinski definition) is 6. The van der Waals surface area contributed by atoms with Gasteiger partial charge in [0.1, 0.15) is 5.75 Å². The van der Waals surface area contributed by atoms with E-state index in [1.54, 1.807) is 12.1 Å². The van der Waals surface area contributed by atoms with Crippen molar-refractivity contribution in [2.75, 3.05) is 27.9 Å². The molecule has 1 amide bonds. The maximum Gasteiger partial charge on any atom is 0.277 e. The number of amides is 1. The van der Waals surface area contributed by atoms with Crippen molar-refractivity contribution in [3.63, 3.8) is 0 Å². The van der Waals surface area contributed by atoms with Crippen LogP contribution in [0.4, 0.5) is 0 Å². The van der Waals surface area contributed by atoms with Crippen LogP contribution in [-0.2, 0) is 4.79 Å². The van der Waals surface area contributed by atoms with E-state index in [1.165, 1.54) is 33.1 Å². The SMILES string of the molecule is CCC(C)c1ccc(OCC(=O)N/N=C/c2cc(OC)c(OC)c(OC)c2)cc1. The monoisotopic (exact) mass is 400 g/mol. The summed E-state index contributed by atoms with van der Waals surface area (Å²) in [4.78, 5) is 12.0. The Labute approximate surface area is 171 Å². The Hall–Kier alpha value is -3.22. The molecule has 0 saturated carbocycles. The third-order valence-electron chi connectivity index (χ3n) is 4.52. The minimum Gasteiger partial charge on any atom is -0.493 e. The first kappa shape index (κ1) is 22.1. The van der Waals surface area contributed by atoms with Gasteiger partial charge in [-0.3, -0.25) is 4.79 Å². The number of carbonyl (C=O) groups excluding carboxylic acids is 1. The standard InChI is InChI=1S/C22H28N2O5/c1-6-15(2)17-7-9-18(10-8-17)29-14-21(25)24-23-13-16-11-19(26-3)22(28-5)20(12-16)27-4/h7-13,15H,6,14H2,1-5H3,(H,24,25)/b23-13+. The summed E-state index contributed by atoms with van der Waals surface area (Å²) in [6.45, 7) is 4.20. The van der Waals surface area contributed by atoms with Crippen LogP contribution in [0, 0.1) is 0 Å². The van der Waals surface area contributed by atoms with Crippen molar-refractivity contribution in [3.8, 4) is 23.0 Å². The summed E-state index contributed by atoms with van der Waals surface area (Å²) < 4.78 is 21.4. The molecule has 0 aliphatic heterocycles. The van der Waals surface area contributed by atoms with Gasteiger partial charge in [0.05, 0.1) is 27.5 Å². The van der Waals surface area contributed by atoms with Crippen molar-refractivity contribution >= 4 is 12.1 Å². The summed E-state index contributed by atoms with van der Waals surface area (Å²) >= 11 is 0. The van der Waals surface area contributed by atoms with Gasteiger partial charge in [-0.1, -0.05) is 26.0 Å². The molecule has 7 nitrogen and oxygen atoms in total. The molecule has 156 valence electrons. The quantitative estimate of drug-likeness (QED) is 0.485. The molecular formula is C22H28N2O5. The average molecular weight is 400 g/mol. The van der Waals surface area contributed by atoms with Crippen LogP contribution in [0.2, 0.25) is 0 Å². The lowest BCUT2D eigenvalue weighted by molar-refractivity contribution is -0.123. The minimum atomic E-state index is -0.361. The number of benzene rings is 2. The Morgan fingerprint density at radius 3 is 2.21 bits per heavy atom. The number of ether oxygens (including phenoxy) is 4. The summed E-state index contributed by atoms with van der Waals surface area (Å²) in [5, 5.41) is 3.95. The molecule has 0 aliphatic rings. The second kappa shape index (κ2) is 10.9. The van der Waals surface area contributed by atoms with Gasteiger partial charge in [-0.15, -0.1) is 0 Å². The van der Waals surface area contributed by atoms with E-state index in [0.717, 1.165) is 6.42 Å². The molecule has 1 N–H and O–H groups in total. The van der Waals surface area contributed by atoms with Gasteiger partial charge in [0.2, 0.25) is 5.75 Å². The fourth-order valence-corrected chi connectivity index (χ4v) is 2.66. The van der Waals surface area contributed by atoms with E-state index in [4.69, 9.17) is 18.9 Å². The summed E-state index contributed by atoms with van der Waals surface area (Å²) in [7, 11) is 4.60. The van der Waals surface area contributed by atoms with Crippen LogP contribution in [0.5, 0.6) is 23.0 Å². The van der Waals surface area contributed by atoms with E-state index in [2.05, 4.69) is 24.4 Å². The highest BCUT2D eigenvalue weighted by molar-refractivity contribution is 5.84. The van der Waals surface area contributed by atoms with E-state index >= 15 is 0 Å². The fraction of sp³-hybridized carbons (Fsp3) is 0.364. The normalized spacial score (nSPS) is 11.8. The molecule has 1 unspecified atom stereocenters. The lowest BCUT2D eigenvalue weighted by Crippen LogP contribution is -2.24. The molecule has 2 rings (SSSR count). The first-order chi connectivity index (χ1) is 14.0. The van der Waals surface area contributed by atoms with Crippen LogP contribution < -0.4 is 24.4 Å². The first-order valence-corrected chi connectivity index (χ1v) is 9.37. The van der Waals surface area contributed by atoms with Crippen molar-refractivity contribution in [2.45, 2.75) is 26.2 Å². The van der Waals surface area contributed by atoms with E-state index in [1.807, 2.05) is 24.3 Å². The van der Waals surface area contributed by atoms with Crippen LogP contribution in [-0.4, -0.2) is 40.1 Å². The second-order valence-corrected chi connectivity index (χ2v) is 6.42. The molecule has 7 heteroatoms. The molecule has 0 radical (unpaired) electrons. The number of carbonyl (C=O) groups is 1. The predicted molar refractivity (Wildman–Crippen MR) is 112 cm³/mol. The average Bonchev–Trinajstić information content (AvgIpc) is 2.76. The van der Waals surface area contributed by atoms with Crippen LogP contribution >= 0.6 is 0 Å². The van der Waals surface area contributed by atoms with Gasteiger partial charge >= 0.3 is 0 Å². The van der Waals surface area contributed by atoms with Crippen molar-refractivity contribution < 1.29 is 23.7 Å². The highest BCUT2D eigenvalue weighted by atomic mass is 16.5. The number of nitrogens with zero attached hydrogens (tertiary/aromatic N) is 1. The topological polar surface area (TPSA) is 78.4 Å². The zero-order chi connectivity index (χ0) is 21.2. The fourth-order valence-electron chi connectivity index (χ4n) is 2.66. The molecule has 0 spiro atoms. The van der Waals surface area contributed by atoms with E-state index in [0.29, 0.717) is 34.5 Å². The predicted octanol–water partition coefficient (Wildman–Crippen LogP) is 3.76. The molecule has 2 aromatic rings. The maximum absolute atomic E-state index is 12.0. The Kier molecular flexibility index (Phi) is 8.33. The second-order valence-electron chi connectivity index (χ2n) is 6.42. The van der Waals surface area contributed by atoms with E-state index < -0.39 is 0 Å². The third kappa shape index (κ3) is 6.14. The Bertz CT molecular complexity index is 809. The van der Waals surface area contributed by atoms with Gasteiger partial charge in [0.15, 0.2) is 18.1 Å². The minimum absolute atomic E-state index is 0.130. The van der Waals surface area contributed by atoms with Crippen LogP contribution in [0.15, 0.2) is 41.5 Å². The van der Waals surface area contributed by atoms with Crippen LogP contribution in [0.1, 0.15) is 37.3 Å². The molecular weight excluding hydrogens is 372 g/mol. The molecule has 0 fully saturated rings. The van der Waals surface area contributed by atoms with Crippen molar-refractivity contribution in [2.24, 2.45) is 5.10 Å². The zero-order valence-electron chi connectivity index (χ0n) is 17.5. The molecule has 29 heavy (non-hydrogen) atoms. The largest absolute Gasteiger partial charge is 0.493 e. The van der Waals surface area contributed by atoms with Gasteiger partial charge in [0.25, 0.3) is 5.91 Å². The highest BCUT2D eigenvalue weighted by Crippen LogP contribution is 2.37. The molecule has 0 bridgehead atoms. The molecule has 1 atom stereocenters. The van der Waals surface area contributed by atoms with Gasteiger partial charge in [-0.25, -0.2) is 5.43 Å². The molecule has 2 aromatic carbocycles. The smallest absolute Gasteiger partial charge is 0.277 e. The van der Waals surface area contributed by atoms with Crippen LogP contribution in [0.3, 0.4) is 0 Å². The Morgan fingerprint density at radius 1 is 1.07 bits per heavy atom. The summed E-state index contributed by atoms with van der Waals surface area (Å²) in [5.74, 6) is 2.27. The summed E-state index contributed by atoms with van der Waals surface area (Å²) in [6, 6.07) is 11.2. The zero-order valence-corrected chi connectivity index (χ0v) is 17.5. The maximum atomic E-state index is 12.0. The number of methoxy groups -OCH3 is 3. The number of nitrogens with one attached hydrogen (secondary N) is 1. The lowest BCUT2D eigenvalue weighted by Gasteiger charge is -2.12. The summed E-state index contributed by atoms with van der Waals surface area (Å²) in [6.07, 6.45) is 2.57. The van der Waals surface area contributed by atoms with Crippen molar-refractivity contribution in [1.29, 1.82) is 0 Å². The van der Waals surface area contributed by atoms with Gasteiger partial charge < -0.3 is 18.9 Å². The van der Waals surface area contributed by atoms with Gasteiger partial charge in [-0.2, -0.15) is 5.10 Å². The number of hydrazone groups is 1. The molecule has 0 saturated heterocycles.